The van der Waals surface area contributed by atoms with Crippen LogP contribution >= 0.6 is 0 Å². The standard InChI is InChI=1S/C15H28N2O4/c1-10(2)12-8-11(6-7-21-12)17-14(19)16-9-15(3,4)13(18)20-5/h10-12H,6-9H2,1-5H3,(H2,16,17,19)/t11-,12-/m0/s1. The summed E-state index contributed by atoms with van der Waals surface area (Å²) in [6, 6.07) is -0.131. The van der Waals surface area contributed by atoms with E-state index < -0.39 is 5.41 Å². The zero-order valence-corrected chi connectivity index (χ0v) is 13.7. The molecule has 6 nitrogen and oxygen atoms in total. The summed E-state index contributed by atoms with van der Waals surface area (Å²) >= 11 is 0. The molecule has 1 aliphatic heterocycles. The molecule has 1 saturated heterocycles. The Labute approximate surface area is 126 Å². The number of carbonyl (C=O) groups is 2. The highest BCUT2D eigenvalue weighted by Gasteiger charge is 2.30. The summed E-state index contributed by atoms with van der Waals surface area (Å²) in [4.78, 5) is 23.5. The van der Waals surface area contributed by atoms with Gasteiger partial charge in [-0.25, -0.2) is 4.79 Å². The van der Waals surface area contributed by atoms with Gasteiger partial charge in [-0.15, -0.1) is 0 Å². The van der Waals surface area contributed by atoms with Crippen molar-refractivity contribution in [3.8, 4) is 0 Å². The molecule has 6 heteroatoms. The third-order valence-corrected chi connectivity index (χ3v) is 3.82. The van der Waals surface area contributed by atoms with E-state index in [1.54, 1.807) is 13.8 Å². The SMILES string of the molecule is COC(=O)C(C)(C)CNC(=O)N[C@H]1CCO[C@H](C(C)C)C1. The van der Waals surface area contributed by atoms with Crippen LogP contribution in [0.5, 0.6) is 0 Å². The van der Waals surface area contributed by atoms with Crippen molar-refractivity contribution in [2.45, 2.75) is 52.7 Å². The van der Waals surface area contributed by atoms with E-state index in [9.17, 15) is 9.59 Å². The first-order valence-corrected chi connectivity index (χ1v) is 7.50. The lowest BCUT2D eigenvalue weighted by Gasteiger charge is -2.32. The van der Waals surface area contributed by atoms with Gasteiger partial charge in [0, 0.05) is 19.2 Å². The minimum Gasteiger partial charge on any atom is -0.469 e. The molecule has 2 amide bonds. The first-order valence-electron chi connectivity index (χ1n) is 7.50. The van der Waals surface area contributed by atoms with Gasteiger partial charge in [-0.05, 0) is 32.6 Å². The van der Waals surface area contributed by atoms with Crippen LogP contribution < -0.4 is 10.6 Å². The first-order chi connectivity index (χ1) is 9.76. The van der Waals surface area contributed by atoms with Crippen molar-refractivity contribution in [2.75, 3.05) is 20.3 Å². The van der Waals surface area contributed by atoms with Gasteiger partial charge in [0.15, 0.2) is 0 Å². The van der Waals surface area contributed by atoms with E-state index in [1.807, 2.05) is 0 Å². The van der Waals surface area contributed by atoms with E-state index in [0.29, 0.717) is 12.5 Å². The first kappa shape index (κ1) is 17.8. The van der Waals surface area contributed by atoms with Crippen molar-refractivity contribution in [1.29, 1.82) is 0 Å². The average Bonchev–Trinajstić information content (AvgIpc) is 2.44. The summed E-state index contributed by atoms with van der Waals surface area (Å²) in [5.41, 5.74) is -0.734. The lowest BCUT2D eigenvalue weighted by Crippen LogP contribution is -2.49. The maximum Gasteiger partial charge on any atom is 0.315 e. The Hall–Kier alpha value is -1.30. The maximum atomic E-state index is 11.9. The molecule has 0 spiro atoms. The van der Waals surface area contributed by atoms with Crippen LogP contribution in [0.25, 0.3) is 0 Å². The Kier molecular flexibility index (Phi) is 6.45. The highest BCUT2D eigenvalue weighted by Crippen LogP contribution is 2.20. The maximum absolute atomic E-state index is 11.9. The van der Waals surface area contributed by atoms with Gasteiger partial charge in [0.05, 0.1) is 18.6 Å². The van der Waals surface area contributed by atoms with E-state index in [4.69, 9.17) is 9.47 Å². The molecule has 2 N–H and O–H groups in total. The van der Waals surface area contributed by atoms with Crippen molar-refractivity contribution in [2.24, 2.45) is 11.3 Å². The molecule has 0 saturated carbocycles. The Morgan fingerprint density at radius 3 is 2.62 bits per heavy atom. The Balaban J connectivity index is 2.38. The lowest BCUT2D eigenvalue weighted by molar-refractivity contribution is -0.150. The van der Waals surface area contributed by atoms with Crippen molar-refractivity contribution in [1.82, 2.24) is 10.6 Å². The van der Waals surface area contributed by atoms with E-state index in [-0.39, 0.29) is 30.7 Å². The minimum atomic E-state index is -0.734. The van der Waals surface area contributed by atoms with Crippen LogP contribution in [-0.2, 0) is 14.3 Å². The second-order valence-corrected chi connectivity index (χ2v) is 6.58. The molecule has 1 fully saturated rings. The highest BCUT2D eigenvalue weighted by atomic mass is 16.5. The molecule has 1 rings (SSSR count). The summed E-state index contributed by atoms with van der Waals surface area (Å²) in [5.74, 6) is 0.102. The van der Waals surface area contributed by atoms with Gasteiger partial charge < -0.3 is 20.1 Å². The number of methoxy groups -OCH3 is 1. The van der Waals surface area contributed by atoms with Gasteiger partial charge in [0.1, 0.15) is 0 Å². The third kappa shape index (κ3) is 5.53. The molecular formula is C15H28N2O4. The second-order valence-electron chi connectivity index (χ2n) is 6.58. The van der Waals surface area contributed by atoms with Crippen LogP contribution in [0.2, 0.25) is 0 Å². The number of nitrogens with one attached hydrogen (secondary N) is 2. The second kappa shape index (κ2) is 7.64. The molecule has 0 aromatic carbocycles. The van der Waals surface area contributed by atoms with E-state index in [2.05, 4.69) is 24.5 Å². The summed E-state index contributed by atoms with van der Waals surface area (Å²) in [7, 11) is 1.35. The lowest BCUT2D eigenvalue weighted by atomic mass is 9.94. The zero-order valence-electron chi connectivity index (χ0n) is 13.7. The van der Waals surface area contributed by atoms with E-state index >= 15 is 0 Å². The quantitative estimate of drug-likeness (QED) is 0.758. The predicted molar refractivity (Wildman–Crippen MR) is 79.9 cm³/mol. The van der Waals surface area contributed by atoms with Gasteiger partial charge in [0.2, 0.25) is 0 Å². The van der Waals surface area contributed by atoms with Gasteiger partial charge >= 0.3 is 12.0 Å². The summed E-state index contributed by atoms with van der Waals surface area (Å²) in [6.45, 7) is 8.62. The fourth-order valence-corrected chi connectivity index (χ4v) is 2.31. The van der Waals surface area contributed by atoms with Crippen molar-refractivity contribution in [3.63, 3.8) is 0 Å². The molecule has 2 atom stereocenters. The topological polar surface area (TPSA) is 76.7 Å². The molecule has 0 aromatic heterocycles. The largest absolute Gasteiger partial charge is 0.469 e. The molecule has 0 aliphatic carbocycles. The Bertz CT molecular complexity index is 369. The normalized spacial score (nSPS) is 22.8. The molecule has 122 valence electrons. The number of esters is 1. The summed E-state index contributed by atoms with van der Waals surface area (Å²) in [5, 5.41) is 5.69. The molecule has 0 unspecified atom stereocenters. The zero-order chi connectivity index (χ0) is 16.0. The number of rotatable bonds is 5. The molecular weight excluding hydrogens is 272 g/mol. The van der Waals surface area contributed by atoms with Crippen LogP contribution in [0.4, 0.5) is 4.79 Å². The van der Waals surface area contributed by atoms with E-state index in [1.165, 1.54) is 7.11 Å². The molecule has 21 heavy (non-hydrogen) atoms. The number of hydrogen-bond donors (Lipinski definition) is 2. The number of amides is 2. The number of ether oxygens (including phenoxy) is 2. The Morgan fingerprint density at radius 2 is 2.05 bits per heavy atom. The predicted octanol–water partition coefficient (Wildman–Crippen LogP) is 1.69. The summed E-state index contributed by atoms with van der Waals surface area (Å²) < 4.78 is 10.4. The third-order valence-electron chi connectivity index (χ3n) is 3.82. The van der Waals surface area contributed by atoms with Crippen LogP contribution in [0.3, 0.4) is 0 Å². The van der Waals surface area contributed by atoms with Gasteiger partial charge in [-0.1, -0.05) is 13.8 Å². The average molecular weight is 300 g/mol. The van der Waals surface area contributed by atoms with Crippen LogP contribution in [0.1, 0.15) is 40.5 Å². The van der Waals surface area contributed by atoms with Crippen LogP contribution in [0.15, 0.2) is 0 Å². The van der Waals surface area contributed by atoms with Crippen molar-refractivity contribution >= 4 is 12.0 Å². The van der Waals surface area contributed by atoms with Gasteiger partial charge in [0.25, 0.3) is 0 Å². The number of carbonyl (C=O) groups excluding carboxylic acids is 2. The molecule has 0 bridgehead atoms. The summed E-state index contributed by atoms with van der Waals surface area (Å²) in [6.07, 6.45) is 1.83. The van der Waals surface area contributed by atoms with Gasteiger partial charge in [-0.2, -0.15) is 0 Å². The van der Waals surface area contributed by atoms with Crippen LogP contribution in [0, 0.1) is 11.3 Å². The molecule has 0 radical (unpaired) electrons. The smallest absolute Gasteiger partial charge is 0.315 e. The van der Waals surface area contributed by atoms with Crippen molar-refractivity contribution in [3.05, 3.63) is 0 Å². The number of hydrogen-bond acceptors (Lipinski definition) is 4. The van der Waals surface area contributed by atoms with Crippen molar-refractivity contribution < 1.29 is 19.1 Å². The Morgan fingerprint density at radius 1 is 1.38 bits per heavy atom. The minimum absolute atomic E-state index is 0.118. The van der Waals surface area contributed by atoms with Crippen LogP contribution in [-0.4, -0.2) is 44.4 Å². The number of urea groups is 1. The van der Waals surface area contributed by atoms with Gasteiger partial charge in [-0.3, -0.25) is 4.79 Å². The molecule has 0 aromatic rings. The monoisotopic (exact) mass is 300 g/mol. The fourth-order valence-electron chi connectivity index (χ4n) is 2.31. The molecule has 1 aliphatic rings. The molecule has 1 heterocycles. The van der Waals surface area contributed by atoms with E-state index in [0.717, 1.165) is 12.8 Å². The highest BCUT2D eigenvalue weighted by molar-refractivity contribution is 5.78. The fraction of sp³-hybridized carbons (Fsp3) is 0.867.